The molecule has 1 aromatic heterocycles. The summed E-state index contributed by atoms with van der Waals surface area (Å²) in [5, 5.41) is 5.84. The van der Waals surface area contributed by atoms with Crippen molar-refractivity contribution in [3.05, 3.63) is 102 Å². The highest BCUT2D eigenvalue weighted by molar-refractivity contribution is 5.93. The Kier molecular flexibility index (Phi) is 6.90. The van der Waals surface area contributed by atoms with Gasteiger partial charge in [-0.05, 0) is 29.7 Å². The van der Waals surface area contributed by atoms with E-state index in [-0.39, 0.29) is 17.7 Å². The predicted molar refractivity (Wildman–Crippen MR) is 109 cm³/mol. The van der Waals surface area contributed by atoms with Gasteiger partial charge in [0.25, 0.3) is 5.91 Å². The van der Waals surface area contributed by atoms with Crippen molar-refractivity contribution in [1.82, 2.24) is 15.6 Å². The number of hydrogen-bond acceptors (Lipinski definition) is 3. The summed E-state index contributed by atoms with van der Waals surface area (Å²) in [5.74, 6) is -0.535. The molecule has 0 fully saturated rings. The molecule has 2 amide bonds. The SMILES string of the molecule is O=C(NCCCNC(=O)C(c1ccccc1)c1ccccc1)c1ccncc1. The fourth-order valence-corrected chi connectivity index (χ4v) is 3.00. The first-order valence-electron chi connectivity index (χ1n) is 9.31. The lowest BCUT2D eigenvalue weighted by molar-refractivity contribution is -0.121. The van der Waals surface area contributed by atoms with Crippen molar-refractivity contribution in [2.45, 2.75) is 12.3 Å². The highest BCUT2D eigenvalue weighted by atomic mass is 16.2. The number of hydrogen-bond donors (Lipinski definition) is 2. The summed E-state index contributed by atoms with van der Waals surface area (Å²) in [6.07, 6.45) is 3.82. The third-order valence-corrected chi connectivity index (χ3v) is 4.41. The summed E-state index contributed by atoms with van der Waals surface area (Å²) in [6, 6.07) is 22.8. The zero-order valence-electron chi connectivity index (χ0n) is 15.5. The van der Waals surface area contributed by atoms with Gasteiger partial charge in [-0.15, -0.1) is 0 Å². The first kappa shape index (κ1) is 19.3. The van der Waals surface area contributed by atoms with Gasteiger partial charge in [0.2, 0.25) is 5.91 Å². The van der Waals surface area contributed by atoms with Crippen LogP contribution in [-0.4, -0.2) is 29.9 Å². The molecule has 142 valence electrons. The third-order valence-electron chi connectivity index (χ3n) is 4.41. The molecule has 3 rings (SSSR count). The first-order valence-corrected chi connectivity index (χ1v) is 9.31. The van der Waals surface area contributed by atoms with E-state index in [1.807, 2.05) is 60.7 Å². The highest BCUT2D eigenvalue weighted by Gasteiger charge is 2.21. The lowest BCUT2D eigenvalue weighted by Gasteiger charge is -2.18. The standard InChI is InChI=1S/C23H23N3O2/c27-22(20-12-16-24-17-13-20)25-14-7-15-26-23(28)21(18-8-3-1-4-9-18)19-10-5-2-6-11-19/h1-6,8-13,16-17,21H,7,14-15H2,(H,25,27)(H,26,28). The smallest absolute Gasteiger partial charge is 0.251 e. The number of pyridine rings is 1. The minimum Gasteiger partial charge on any atom is -0.355 e. The Morgan fingerprint density at radius 3 is 1.86 bits per heavy atom. The van der Waals surface area contributed by atoms with E-state index < -0.39 is 0 Å². The van der Waals surface area contributed by atoms with E-state index in [1.54, 1.807) is 24.5 Å². The van der Waals surface area contributed by atoms with Crippen LogP contribution in [0.2, 0.25) is 0 Å². The fourth-order valence-electron chi connectivity index (χ4n) is 3.00. The van der Waals surface area contributed by atoms with Crippen LogP contribution in [0.5, 0.6) is 0 Å². The molecule has 0 aliphatic rings. The Hall–Kier alpha value is -3.47. The van der Waals surface area contributed by atoms with Gasteiger partial charge in [-0.2, -0.15) is 0 Å². The number of carbonyl (C=O) groups is 2. The Balaban J connectivity index is 1.52. The van der Waals surface area contributed by atoms with E-state index in [4.69, 9.17) is 0 Å². The van der Waals surface area contributed by atoms with Crippen molar-refractivity contribution in [3.8, 4) is 0 Å². The van der Waals surface area contributed by atoms with Crippen LogP contribution in [0.15, 0.2) is 85.2 Å². The molecule has 0 spiro atoms. The average molecular weight is 373 g/mol. The Morgan fingerprint density at radius 2 is 1.29 bits per heavy atom. The van der Waals surface area contributed by atoms with E-state index in [9.17, 15) is 9.59 Å². The van der Waals surface area contributed by atoms with E-state index >= 15 is 0 Å². The molecule has 0 aliphatic carbocycles. The second kappa shape index (κ2) is 10.0. The molecule has 0 saturated carbocycles. The summed E-state index contributed by atoms with van der Waals surface area (Å²) in [5.41, 5.74) is 2.49. The second-order valence-corrected chi connectivity index (χ2v) is 6.39. The lowest BCUT2D eigenvalue weighted by Crippen LogP contribution is -2.33. The largest absolute Gasteiger partial charge is 0.355 e. The van der Waals surface area contributed by atoms with Crippen molar-refractivity contribution >= 4 is 11.8 Å². The van der Waals surface area contributed by atoms with E-state index in [0.29, 0.717) is 25.1 Å². The van der Waals surface area contributed by atoms with Crippen molar-refractivity contribution in [1.29, 1.82) is 0 Å². The zero-order chi connectivity index (χ0) is 19.6. The summed E-state index contributed by atoms with van der Waals surface area (Å²) >= 11 is 0. The molecule has 0 atom stereocenters. The summed E-state index contributed by atoms with van der Waals surface area (Å²) in [7, 11) is 0. The van der Waals surface area contributed by atoms with Crippen LogP contribution in [0.3, 0.4) is 0 Å². The summed E-state index contributed by atoms with van der Waals surface area (Å²) < 4.78 is 0. The zero-order valence-corrected chi connectivity index (χ0v) is 15.5. The Labute approximate surface area is 164 Å². The van der Waals surface area contributed by atoms with Gasteiger partial charge in [-0.3, -0.25) is 14.6 Å². The maximum absolute atomic E-state index is 12.9. The maximum atomic E-state index is 12.9. The average Bonchev–Trinajstić information content (AvgIpc) is 2.76. The molecule has 0 radical (unpaired) electrons. The number of amides is 2. The van der Waals surface area contributed by atoms with Gasteiger partial charge < -0.3 is 10.6 Å². The molecule has 0 bridgehead atoms. The van der Waals surface area contributed by atoms with Crippen LogP contribution < -0.4 is 10.6 Å². The van der Waals surface area contributed by atoms with Crippen molar-refractivity contribution in [3.63, 3.8) is 0 Å². The van der Waals surface area contributed by atoms with Crippen molar-refractivity contribution < 1.29 is 9.59 Å². The van der Waals surface area contributed by atoms with E-state index in [1.165, 1.54) is 0 Å². The number of rotatable bonds is 8. The molecule has 0 aliphatic heterocycles. The molecule has 2 N–H and O–H groups in total. The number of carbonyl (C=O) groups excluding carboxylic acids is 2. The number of nitrogens with one attached hydrogen (secondary N) is 2. The molecule has 5 nitrogen and oxygen atoms in total. The molecule has 3 aromatic rings. The van der Waals surface area contributed by atoms with Gasteiger partial charge in [0.1, 0.15) is 0 Å². The summed E-state index contributed by atoms with van der Waals surface area (Å²) in [6.45, 7) is 0.981. The monoisotopic (exact) mass is 373 g/mol. The molecule has 1 heterocycles. The molecular formula is C23H23N3O2. The quantitative estimate of drug-likeness (QED) is 0.596. The van der Waals surface area contributed by atoms with Crippen LogP contribution in [0.25, 0.3) is 0 Å². The van der Waals surface area contributed by atoms with Crippen LogP contribution in [0.1, 0.15) is 33.8 Å². The van der Waals surface area contributed by atoms with Crippen LogP contribution in [0, 0.1) is 0 Å². The van der Waals surface area contributed by atoms with E-state index in [0.717, 1.165) is 11.1 Å². The first-order chi connectivity index (χ1) is 13.8. The van der Waals surface area contributed by atoms with Crippen molar-refractivity contribution in [2.24, 2.45) is 0 Å². The molecule has 0 unspecified atom stereocenters. The maximum Gasteiger partial charge on any atom is 0.251 e. The van der Waals surface area contributed by atoms with Crippen LogP contribution in [-0.2, 0) is 4.79 Å². The minimum atomic E-state index is -0.353. The molecular weight excluding hydrogens is 350 g/mol. The molecule has 28 heavy (non-hydrogen) atoms. The topological polar surface area (TPSA) is 71.1 Å². The number of aromatic nitrogens is 1. The van der Waals surface area contributed by atoms with Gasteiger partial charge in [0.05, 0.1) is 5.92 Å². The fraction of sp³-hybridized carbons (Fsp3) is 0.174. The Morgan fingerprint density at radius 1 is 0.750 bits per heavy atom. The van der Waals surface area contributed by atoms with Gasteiger partial charge in [0.15, 0.2) is 0 Å². The van der Waals surface area contributed by atoms with Gasteiger partial charge in [0, 0.05) is 31.0 Å². The normalized spacial score (nSPS) is 10.5. The number of benzene rings is 2. The van der Waals surface area contributed by atoms with Gasteiger partial charge >= 0.3 is 0 Å². The molecule has 0 saturated heterocycles. The van der Waals surface area contributed by atoms with Crippen molar-refractivity contribution in [2.75, 3.05) is 13.1 Å². The van der Waals surface area contributed by atoms with Crippen LogP contribution in [0.4, 0.5) is 0 Å². The van der Waals surface area contributed by atoms with Crippen LogP contribution >= 0.6 is 0 Å². The minimum absolute atomic E-state index is 0.0436. The second-order valence-electron chi connectivity index (χ2n) is 6.39. The molecule has 2 aromatic carbocycles. The Bertz CT molecular complexity index is 844. The summed E-state index contributed by atoms with van der Waals surface area (Å²) in [4.78, 5) is 28.7. The van der Waals surface area contributed by atoms with E-state index in [2.05, 4.69) is 15.6 Å². The third kappa shape index (κ3) is 5.27. The number of nitrogens with zero attached hydrogens (tertiary/aromatic N) is 1. The predicted octanol–water partition coefficient (Wildman–Crippen LogP) is 3.15. The van der Waals surface area contributed by atoms with Gasteiger partial charge in [-0.25, -0.2) is 0 Å². The molecule has 5 heteroatoms. The van der Waals surface area contributed by atoms with Gasteiger partial charge in [-0.1, -0.05) is 60.7 Å². The lowest BCUT2D eigenvalue weighted by atomic mass is 9.90. The highest BCUT2D eigenvalue weighted by Crippen LogP contribution is 2.24.